The van der Waals surface area contributed by atoms with Gasteiger partial charge in [0.1, 0.15) is 0 Å². The first-order valence-corrected chi connectivity index (χ1v) is 6.97. The Morgan fingerprint density at radius 2 is 1.78 bits per heavy atom. The van der Waals surface area contributed by atoms with Gasteiger partial charge in [-0.25, -0.2) is 0 Å². The van der Waals surface area contributed by atoms with E-state index in [1.807, 2.05) is 19.2 Å². The Labute approximate surface area is 116 Å². The standard InChI is InChI=1S/C14H15NOS2/c1-8-4-9(2)13(10(3)5-8)15-14(16)12-6-11(17)7-18-12/h4-7,17H,1-3H3,(H,15,16). The second-order valence-corrected chi connectivity index (χ2v) is 5.82. The summed E-state index contributed by atoms with van der Waals surface area (Å²) in [4.78, 5) is 13.6. The van der Waals surface area contributed by atoms with Crippen LogP contribution in [0.15, 0.2) is 28.5 Å². The quantitative estimate of drug-likeness (QED) is 0.791. The van der Waals surface area contributed by atoms with Crippen LogP contribution in [0, 0.1) is 20.8 Å². The van der Waals surface area contributed by atoms with Crippen LogP contribution in [0.4, 0.5) is 5.69 Å². The summed E-state index contributed by atoms with van der Waals surface area (Å²) in [7, 11) is 0. The van der Waals surface area contributed by atoms with E-state index in [1.165, 1.54) is 16.9 Å². The molecule has 0 aliphatic heterocycles. The van der Waals surface area contributed by atoms with Gasteiger partial charge in [0.15, 0.2) is 0 Å². The number of thiophene rings is 1. The Hall–Kier alpha value is -1.26. The lowest BCUT2D eigenvalue weighted by atomic mass is 10.1. The lowest BCUT2D eigenvalue weighted by molar-refractivity contribution is 0.103. The number of carbonyl (C=O) groups excluding carboxylic acids is 1. The monoisotopic (exact) mass is 277 g/mol. The lowest BCUT2D eigenvalue weighted by Crippen LogP contribution is -2.12. The van der Waals surface area contributed by atoms with E-state index in [2.05, 4.69) is 37.0 Å². The molecule has 0 atom stereocenters. The van der Waals surface area contributed by atoms with Crippen molar-refractivity contribution in [2.45, 2.75) is 25.7 Å². The Kier molecular flexibility index (Phi) is 3.78. The molecule has 1 heterocycles. The minimum absolute atomic E-state index is 0.0737. The molecule has 0 radical (unpaired) electrons. The van der Waals surface area contributed by atoms with E-state index in [-0.39, 0.29) is 5.91 Å². The number of aryl methyl sites for hydroxylation is 3. The van der Waals surface area contributed by atoms with Crippen molar-refractivity contribution in [3.05, 3.63) is 45.1 Å². The van der Waals surface area contributed by atoms with E-state index in [0.717, 1.165) is 21.7 Å². The van der Waals surface area contributed by atoms with Crippen LogP contribution < -0.4 is 5.32 Å². The van der Waals surface area contributed by atoms with Crippen molar-refractivity contribution in [2.24, 2.45) is 0 Å². The van der Waals surface area contributed by atoms with Crippen molar-refractivity contribution in [2.75, 3.05) is 5.32 Å². The number of nitrogens with one attached hydrogen (secondary N) is 1. The van der Waals surface area contributed by atoms with Crippen molar-refractivity contribution in [3.63, 3.8) is 0 Å². The molecule has 0 fully saturated rings. The third-order valence-corrected chi connectivity index (χ3v) is 4.09. The largest absolute Gasteiger partial charge is 0.321 e. The molecule has 1 N–H and O–H groups in total. The van der Waals surface area contributed by atoms with Crippen molar-refractivity contribution >= 4 is 35.6 Å². The van der Waals surface area contributed by atoms with Crippen molar-refractivity contribution in [1.29, 1.82) is 0 Å². The van der Waals surface area contributed by atoms with Gasteiger partial charge in [0.2, 0.25) is 0 Å². The fourth-order valence-corrected chi connectivity index (χ4v) is 3.04. The van der Waals surface area contributed by atoms with Gasteiger partial charge in [0.25, 0.3) is 5.91 Å². The molecule has 0 bridgehead atoms. The van der Waals surface area contributed by atoms with Crippen LogP contribution in [-0.4, -0.2) is 5.91 Å². The number of rotatable bonds is 2. The fourth-order valence-electron chi connectivity index (χ4n) is 2.00. The smallest absolute Gasteiger partial charge is 0.265 e. The van der Waals surface area contributed by atoms with Gasteiger partial charge in [0, 0.05) is 16.0 Å². The van der Waals surface area contributed by atoms with Crippen molar-refractivity contribution < 1.29 is 4.79 Å². The zero-order chi connectivity index (χ0) is 13.3. The van der Waals surface area contributed by atoms with Gasteiger partial charge in [-0.3, -0.25) is 4.79 Å². The summed E-state index contributed by atoms with van der Waals surface area (Å²) in [6, 6.07) is 5.92. The highest BCUT2D eigenvalue weighted by Crippen LogP contribution is 2.24. The molecule has 0 aliphatic rings. The molecule has 2 nitrogen and oxygen atoms in total. The zero-order valence-electron chi connectivity index (χ0n) is 10.6. The molecular weight excluding hydrogens is 262 g/mol. The third kappa shape index (κ3) is 2.76. The van der Waals surface area contributed by atoms with Gasteiger partial charge in [-0.05, 0) is 38.0 Å². The second-order valence-electron chi connectivity index (χ2n) is 4.40. The number of carbonyl (C=O) groups is 1. The van der Waals surface area contributed by atoms with Crippen LogP contribution in [0.25, 0.3) is 0 Å². The SMILES string of the molecule is Cc1cc(C)c(NC(=O)c2cc(S)cs2)c(C)c1. The van der Waals surface area contributed by atoms with Gasteiger partial charge < -0.3 is 5.32 Å². The molecule has 2 rings (SSSR count). The lowest BCUT2D eigenvalue weighted by Gasteiger charge is -2.12. The van der Waals surface area contributed by atoms with Crippen LogP contribution in [0.5, 0.6) is 0 Å². The van der Waals surface area contributed by atoms with Crippen LogP contribution in [0.3, 0.4) is 0 Å². The molecule has 18 heavy (non-hydrogen) atoms. The molecular formula is C14H15NOS2. The minimum Gasteiger partial charge on any atom is -0.321 e. The molecule has 0 saturated carbocycles. The first kappa shape index (κ1) is 13.2. The highest BCUT2D eigenvalue weighted by molar-refractivity contribution is 7.80. The van der Waals surface area contributed by atoms with Gasteiger partial charge in [-0.2, -0.15) is 0 Å². The molecule has 1 amide bonds. The Bertz CT molecular complexity index is 579. The summed E-state index contributed by atoms with van der Waals surface area (Å²) in [5, 5.41) is 4.83. The van der Waals surface area contributed by atoms with Crippen molar-refractivity contribution in [3.8, 4) is 0 Å². The summed E-state index contributed by atoms with van der Waals surface area (Å²) < 4.78 is 0. The van der Waals surface area contributed by atoms with E-state index in [1.54, 1.807) is 6.07 Å². The van der Waals surface area contributed by atoms with Crippen LogP contribution in [0.2, 0.25) is 0 Å². The van der Waals surface area contributed by atoms with E-state index in [4.69, 9.17) is 0 Å². The van der Waals surface area contributed by atoms with Crippen LogP contribution >= 0.6 is 24.0 Å². The van der Waals surface area contributed by atoms with Gasteiger partial charge in [0.05, 0.1) is 4.88 Å². The molecule has 0 spiro atoms. The highest BCUT2D eigenvalue weighted by Gasteiger charge is 2.11. The average Bonchev–Trinajstić information content (AvgIpc) is 2.70. The third-order valence-electron chi connectivity index (χ3n) is 2.72. The summed E-state index contributed by atoms with van der Waals surface area (Å²) in [6.07, 6.45) is 0. The molecule has 2 aromatic rings. The second kappa shape index (κ2) is 5.16. The molecule has 0 unspecified atom stereocenters. The predicted octanol–water partition coefficient (Wildman–Crippen LogP) is 4.21. The number of hydrogen-bond donors (Lipinski definition) is 2. The van der Waals surface area contributed by atoms with Crippen molar-refractivity contribution in [1.82, 2.24) is 0 Å². The Balaban J connectivity index is 2.27. The number of anilines is 1. The highest BCUT2D eigenvalue weighted by atomic mass is 32.1. The van der Waals surface area contributed by atoms with E-state index in [9.17, 15) is 4.79 Å². The van der Waals surface area contributed by atoms with E-state index < -0.39 is 0 Å². The number of hydrogen-bond acceptors (Lipinski definition) is 3. The van der Waals surface area contributed by atoms with Crippen LogP contribution in [0.1, 0.15) is 26.4 Å². The van der Waals surface area contributed by atoms with Gasteiger partial charge >= 0.3 is 0 Å². The topological polar surface area (TPSA) is 29.1 Å². The Morgan fingerprint density at radius 3 is 2.28 bits per heavy atom. The molecule has 0 saturated heterocycles. The summed E-state index contributed by atoms with van der Waals surface area (Å²) in [5.41, 5.74) is 4.28. The van der Waals surface area contributed by atoms with Gasteiger partial charge in [-0.15, -0.1) is 24.0 Å². The summed E-state index contributed by atoms with van der Waals surface area (Å²) >= 11 is 5.61. The number of thiol groups is 1. The number of amides is 1. The Morgan fingerprint density at radius 1 is 1.17 bits per heavy atom. The maximum Gasteiger partial charge on any atom is 0.265 e. The molecule has 4 heteroatoms. The fraction of sp³-hybridized carbons (Fsp3) is 0.214. The maximum absolute atomic E-state index is 12.1. The summed E-state index contributed by atoms with van der Waals surface area (Å²) in [5.74, 6) is -0.0737. The molecule has 94 valence electrons. The van der Waals surface area contributed by atoms with E-state index >= 15 is 0 Å². The zero-order valence-corrected chi connectivity index (χ0v) is 12.3. The average molecular weight is 277 g/mol. The number of benzene rings is 1. The first-order chi connectivity index (χ1) is 8.47. The molecule has 0 aliphatic carbocycles. The maximum atomic E-state index is 12.1. The first-order valence-electron chi connectivity index (χ1n) is 5.64. The normalized spacial score (nSPS) is 10.4. The predicted molar refractivity (Wildman–Crippen MR) is 80.2 cm³/mol. The van der Waals surface area contributed by atoms with E-state index in [0.29, 0.717) is 4.88 Å². The molecule has 1 aromatic carbocycles. The van der Waals surface area contributed by atoms with Crippen LogP contribution in [-0.2, 0) is 0 Å². The van der Waals surface area contributed by atoms with Gasteiger partial charge in [-0.1, -0.05) is 17.7 Å². The summed E-state index contributed by atoms with van der Waals surface area (Å²) in [6.45, 7) is 6.07. The minimum atomic E-state index is -0.0737. The molecule has 1 aromatic heterocycles.